The van der Waals surface area contributed by atoms with Gasteiger partial charge in [0.05, 0.1) is 6.54 Å². The average Bonchev–Trinajstić information content (AvgIpc) is 2.10. The zero-order valence-corrected chi connectivity index (χ0v) is 5.66. The molecule has 1 heterocycles. The first-order valence-electron chi connectivity index (χ1n) is 3.08. The third kappa shape index (κ3) is 0.985. The van der Waals surface area contributed by atoms with Crippen molar-refractivity contribution < 1.29 is 15.0 Å². The largest absolute Gasteiger partial charge is 0.357 e. The lowest BCUT2D eigenvalue weighted by molar-refractivity contribution is -0.178. The SMILES string of the molecule is CCN1NCC(O)(O)C1=O. The van der Waals surface area contributed by atoms with Gasteiger partial charge in [-0.15, -0.1) is 0 Å². The van der Waals surface area contributed by atoms with E-state index in [9.17, 15) is 4.79 Å². The highest BCUT2D eigenvalue weighted by Crippen LogP contribution is 2.09. The molecular weight excluding hydrogens is 136 g/mol. The van der Waals surface area contributed by atoms with E-state index in [1.807, 2.05) is 0 Å². The van der Waals surface area contributed by atoms with Crippen molar-refractivity contribution in [2.24, 2.45) is 0 Å². The Hall–Kier alpha value is -0.650. The van der Waals surface area contributed by atoms with Gasteiger partial charge in [-0.05, 0) is 6.92 Å². The minimum absolute atomic E-state index is 0.125. The van der Waals surface area contributed by atoms with Gasteiger partial charge in [-0.1, -0.05) is 0 Å². The molecule has 0 aromatic heterocycles. The lowest BCUT2D eigenvalue weighted by Crippen LogP contribution is -2.41. The molecule has 1 aliphatic heterocycles. The molecule has 0 atom stereocenters. The van der Waals surface area contributed by atoms with Crippen LogP contribution < -0.4 is 5.43 Å². The summed E-state index contributed by atoms with van der Waals surface area (Å²) in [5.74, 6) is -2.88. The fourth-order valence-electron chi connectivity index (χ4n) is 0.825. The molecule has 1 fully saturated rings. The quantitative estimate of drug-likeness (QED) is 0.375. The molecule has 58 valence electrons. The number of nitrogens with one attached hydrogen (secondary N) is 1. The van der Waals surface area contributed by atoms with Crippen LogP contribution in [0.15, 0.2) is 0 Å². The molecule has 0 unspecified atom stereocenters. The van der Waals surface area contributed by atoms with E-state index in [0.717, 1.165) is 0 Å². The van der Waals surface area contributed by atoms with E-state index in [1.54, 1.807) is 6.92 Å². The van der Waals surface area contributed by atoms with Gasteiger partial charge in [0.2, 0.25) is 0 Å². The van der Waals surface area contributed by atoms with Crippen LogP contribution in [0.4, 0.5) is 0 Å². The summed E-state index contributed by atoms with van der Waals surface area (Å²) in [5, 5.41) is 18.9. The maximum atomic E-state index is 10.8. The molecule has 3 N–H and O–H groups in total. The summed E-state index contributed by atoms with van der Waals surface area (Å²) in [6.07, 6.45) is 0. The minimum Gasteiger partial charge on any atom is -0.357 e. The first kappa shape index (κ1) is 7.46. The number of likely N-dealkylation sites (N-methyl/N-ethyl adjacent to an activating group) is 1. The molecule has 5 heteroatoms. The summed E-state index contributed by atoms with van der Waals surface area (Å²) in [5.41, 5.74) is 2.53. The van der Waals surface area contributed by atoms with E-state index < -0.39 is 11.7 Å². The fraction of sp³-hybridized carbons (Fsp3) is 0.800. The Morgan fingerprint density at radius 3 is 2.60 bits per heavy atom. The van der Waals surface area contributed by atoms with Gasteiger partial charge < -0.3 is 10.2 Å². The molecule has 1 saturated heterocycles. The second-order valence-electron chi connectivity index (χ2n) is 2.20. The number of carbonyl (C=O) groups excluding carboxylic acids is 1. The lowest BCUT2D eigenvalue weighted by Gasteiger charge is -2.13. The van der Waals surface area contributed by atoms with Crippen molar-refractivity contribution in [3.05, 3.63) is 0 Å². The average molecular weight is 146 g/mol. The Kier molecular flexibility index (Phi) is 1.63. The Balaban J connectivity index is 2.67. The smallest absolute Gasteiger partial charge is 0.298 e. The number of hydrogen-bond acceptors (Lipinski definition) is 4. The number of carbonyl (C=O) groups is 1. The summed E-state index contributed by atoms with van der Waals surface area (Å²) < 4.78 is 0. The highest BCUT2D eigenvalue weighted by atomic mass is 16.5. The van der Waals surface area contributed by atoms with Crippen molar-refractivity contribution in [2.45, 2.75) is 12.7 Å². The minimum atomic E-state index is -2.20. The summed E-state index contributed by atoms with van der Waals surface area (Å²) >= 11 is 0. The van der Waals surface area contributed by atoms with E-state index in [0.29, 0.717) is 6.54 Å². The van der Waals surface area contributed by atoms with Crippen molar-refractivity contribution in [3.8, 4) is 0 Å². The van der Waals surface area contributed by atoms with Crippen LogP contribution in [0.1, 0.15) is 6.92 Å². The standard InChI is InChI=1S/C5H10N2O3/c1-2-7-4(8)5(9,10)3-6-7/h6,9-10H,2-3H2,1H3. The molecule has 0 saturated carbocycles. The van der Waals surface area contributed by atoms with E-state index in [4.69, 9.17) is 10.2 Å². The number of hydrazine groups is 1. The Labute approximate surface area is 58.2 Å². The van der Waals surface area contributed by atoms with Gasteiger partial charge in [0.15, 0.2) is 0 Å². The van der Waals surface area contributed by atoms with Crippen LogP contribution in [-0.2, 0) is 4.79 Å². The van der Waals surface area contributed by atoms with Gasteiger partial charge in [0.1, 0.15) is 0 Å². The van der Waals surface area contributed by atoms with Crippen LogP contribution in [-0.4, -0.2) is 40.0 Å². The maximum absolute atomic E-state index is 10.8. The second kappa shape index (κ2) is 2.19. The molecule has 0 spiro atoms. The topological polar surface area (TPSA) is 72.8 Å². The number of rotatable bonds is 1. The molecule has 0 aromatic rings. The zero-order valence-electron chi connectivity index (χ0n) is 5.66. The fourth-order valence-corrected chi connectivity index (χ4v) is 0.825. The predicted molar refractivity (Wildman–Crippen MR) is 32.6 cm³/mol. The van der Waals surface area contributed by atoms with Crippen LogP contribution in [0.2, 0.25) is 0 Å². The van der Waals surface area contributed by atoms with Gasteiger partial charge in [0.25, 0.3) is 11.7 Å². The molecule has 1 aliphatic rings. The molecule has 0 radical (unpaired) electrons. The van der Waals surface area contributed by atoms with Crippen LogP contribution in [0.25, 0.3) is 0 Å². The molecule has 10 heavy (non-hydrogen) atoms. The van der Waals surface area contributed by atoms with Gasteiger partial charge >= 0.3 is 0 Å². The van der Waals surface area contributed by atoms with Crippen LogP contribution >= 0.6 is 0 Å². The first-order valence-corrected chi connectivity index (χ1v) is 3.08. The van der Waals surface area contributed by atoms with Crippen LogP contribution in [0.5, 0.6) is 0 Å². The van der Waals surface area contributed by atoms with Gasteiger partial charge in [-0.2, -0.15) is 0 Å². The highest BCUT2D eigenvalue weighted by molar-refractivity contribution is 5.84. The van der Waals surface area contributed by atoms with Crippen molar-refractivity contribution in [3.63, 3.8) is 0 Å². The Bertz CT molecular complexity index is 157. The zero-order chi connectivity index (χ0) is 7.78. The third-order valence-corrected chi connectivity index (χ3v) is 1.42. The van der Waals surface area contributed by atoms with Gasteiger partial charge in [0, 0.05) is 6.54 Å². The summed E-state index contributed by atoms with van der Waals surface area (Å²) in [6, 6.07) is 0. The molecule has 0 aliphatic carbocycles. The van der Waals surface area contributed by atoms with E-state index in [-0.39, 0.29) is 6.54 Å². The lowest BCUT2D eigenvalue weighted by atomic mass is 10.3. The normalized spacial score (nSPS) is 23.9. The van der Waals surface area contributed by atoms with Crippen molar-refractivity contribution in [2.75, 3.05) is 13.1 Å². The summed E-state index contributed by atoms with van der Waals surface area (Å²) in [7, 11) is 0. The van der Waals surface area contributed by atoms with E-state index >= 15 is 0 Å². The number of hydrogen-bond donors (Lipinski definition) is 3. The van der Waals surface area contributed by atoms with Crippen LogP contribution in [0.3, 0.4) is 0 Å². The summed E-state index contributed by atoms with van der Waals surface area (Å²) in [6.45, 7) is 2.05. The number of aliphatic hydroxyl groups is 2. The number of amides is 1. The van der Waals surface area contributed by atoms with Crippen molar-refractivity contribution in [1.82, 2.24) is 10.4 Å². The van der Waals surface area contributed by atoms with Crippen molar-refractivity contribution in [1.29, 1.82) is 0 Å². The van der Waals surface area contributed by atoms with Crippen molar-refractivity contribution >= 4 is 5.91 Å². The monoisotopic (exact) mass is 146 g/mol. The van der Waals surface area contributed by atoms with Crippen LogP contribution in [0, 0.1) is 0 Å². The molecule has 1 rings (SSSR count). The Morgan fingerprint density at radius 1 is 1.80 bits per heavy atom. The molecule has 0 bridgehead atoms. The predicted octanol–water partition coefficient (Wildman–Crippen LogP) is -1.97. The number of β-amino-alcohol motifs (C(OH)–C–C–N with tert-alkyl or cyclic N) is 2. The Morgan fingerprint density at radius 2 is 2.40 bits per heavy atom. The van der Waals surface area contributed by atoms with Gasteiger partial charge in [-0.3, -0.25) is 9.80 Å². The van der Waals surface area contributed by atoms with E-state index in [1.165, 1.54) is 5.01 Å². The molecule has 0 aromatic carbocycles. The third-order valence-electron chi connectivity index (χ3n) is 1.42. The molecule has 1 amide bonds. The summed E-state index contributed by atoms with van der Waals surface area (Å²) in [4.78, 5) is 10.8. The first-order chi connectivity index (χ1) is 4.58. The number of nitrogens with zero attached hydrogens (tertiary/aromatic N) is 1. The second-order valence-corrected chi connectivity index (χ2v) is 2.20. The molecular formula is C5H10N2O3. The maximum Gasteiger partial charge on any atom is 0.298 e. The van der Waals surface area contributed by atoms with Gasteiger partial charge in [-0.25, -0.2) is 5.43 Å². The molecule has 5 nitrogen and oxygen atoms in total. The van der Waals surface area contributed by atoms with E-state index in [2.05, 4.69) is 5.43 Å². The highest BCUT2D eigenvalue weighted by Gasteiger charge is 2.42.